The van der Waals surface area contributed by atoms with Crippen LogP contribution in [0.4, 0.5) is 0 Å². The molecule has 0 heterocycles. The number of aliphatic hydroxyl groups is 2. The van der Waals surface area contributed by atoms with Gasteiger partial charge in [0.2, 0.25) is 0 Å². The predicted octanol–water partition coefficient (Wildman–Crippen LogP) is 3.89. The molecule has 2 atom stereocenters. The molecule has 0 spiro atoms. The Morgan fingerprint density at radius 1 is 0.708 bits per heavy atom. The van der Waals surface area contributed by atoms with Gasteiger partial charge in [-0.25, -0.2) is 0 Å². The molecule has 0 aliphatic heterocycles. The Hall–Kier alpha value is -2.42. The molecule has 24 heavy (non-hydrogen) atoms. The zero-order chi connectivity index (χ0) is 16.8. The molecule has 3 aromatic carbocycles. The first-order valence-corrected chi connectivity index (χ1v) is 8.21. The Balaban J connectivity index is 2.07. The van der Waals surface area contributed by atoms with Gasteiger partial charge in [0, 0.05) is 12.3 Å². The van der Waals surface area contributed by atoms with Gasteiger partial charge >= 0.3 is 0 Å². The first-order chi connectivity index (χ1) is 11.7. The van der Waals surface area contributed by atoms with Gasteiger partial charge in [-0.3, -0.25) is 0 Å². The van der Waals surface area contributed by atoms with Crippen LogP contribution in [0.2, 0.25) is 0 Å². The van der Waals surface area contributed by atoms with Gasteiger partial charge in [-0.05, 0) is 16.7 Å². The summed E-state index contributed by atoms with van der Waals surface area (Å²) in [6.45, 7) is -0.123. The van der Waals surface area contributed by atoms with Gasteiger partial charge in [-0.2, -0.15) is 0 Å². The van der Waals surface area contributed by atoms with Crippen molar-refractivity contribution in [2.45, 2.75) is 17.9 Å². The summed E-state index contributed by atoms with van der Waals surface area (Å²) in [5.74, 6) is -0.402. The third-order valence-electron chi connectivity index (χ3n) is 4.55. The molecule has 0 aromatic heterocycles. The van der Waals surface area contributed by atoms with Gasteiger partial charge in [0.1, 0.15) is 5.60 Å². The van der Waals surface area contributed by atoms with Crippen LogP contribution in [0.15, 0.2) is 91.0 Å². The van der Waals surface area contributed by atoms with Crippen LogP contribution >= 0.6 is 0 Å². The van der Waals surface area contributed by atoms with Crippen LogP contribution in [0.1, 0.15) is 22.6 Å². The van der Waals surface area contributed by atoms with Crippen LogP contribution in [-0.4, -0.2) is 16.8 Å². The lowest BCUT2D eigenvalue weighted by Gasteiger charge is -2.36. The smallest absolute Gasteiger partial charge is 0.103 e. The molecule has 3 aromatic rings. The number of hydrogen-bond donors (Lipinski definition) is 2. The minimum Gasteiger partial charge on any atom is -0.396 e. The second kappa shape index (κ2) is 7.43. The van der Waals surface area contributed by atoms with Crippen LogP contribution < -0.4 is 0 Å². The molecule has 0 saturated carbocycles. The molecule has 3 rings (SSSR count). The molecule has 0 aliphatic rings. The fraction of sp³-hybridized carbons (Fsp3) is 0.182. The lowest BCUT2D eigenvalue weighted by Crippen LogP contribution is -2.38. The summed E-state index contributed by atoms with van der Waals surface area (Å²) in [6.07, 6.45) is 0.442. The normalized spacial score (nSPS) is 14.8. The van der Waals surface area contributed by atoms with Crippen molar-refractivity contribution in [1.82, 2.24) is 0 Å². The molecule has 0 amide bonds. The van der Waals surface area contributed by atoms with Gasteiger partial charge in [0.15, 0.2) is 0 Å². The maximum atomic E-state index is 11.7. The van der Waals surface area contributed by atoms with Gasteiger partial charge < -0.3 is 10.2 Å². The summed E-state index contributed by atoms with van der Waals surface area (Å²) in [4.78, 5) is 0. The molecule has 2 nitrogen and oxygen atoms in total. The third kappa shape index (κ3) is 3.40. The van der Waals surface area contributed by atoms with Crippen LogP contribution in [0.3, 0.4) is 0 Å². The highest BCUT2D eigenvalue weighted by Crippen LogP contribution is 2.39. The van der Waals surface area contributed by atoms with E-state index in [-0.39, 0.29) is 6.61 Å². The fourth-order valence-corrected chi connectivity index (χ4v) is 3.28. The second-order valence-electron chi connectivity index (χ2n) is 6.10. The average Bonchev–Trinajstić information content (AvgIpc) is 2.65. The second-order valence-corrected chi connectivity index (χ2v) is 6.10. The SMILES string of the molecule is OC[C@@H](c1ccccc1)[C@@](O)(Cc1ccccc1)c1ccccc1. The van der Waals surface area contributed by atoms with Crippen LogP contribution in [-0.2, 0) is 12.0 Å². The lowest BCUT2D eigenvalue weighted by atomic mass is 9.74. The maximum absolute atomic E-state index is 11.7. The molecule has 0 bridgehead atoms. The van der Waals surface area contributed by atoms with Crippen molar-refractivity contribution in [2.24, 2.45) is 0 Å². The van der Waals surface area contributed by atoms with Crippen molar-refractivity contribution < 1.29 is 10.2 Å². The Labute approximate surface area is 143 Å². The highest BCUT2D eigenvalue weighted by molar-refractivity contribution is 5.34. The molecule has 2 heteroatoms. The van der Waals surface area contributed by atoms with E-state index in [0.717, 1.165) is 16.7 Å². The maximum Gasteiger partial charge on any atom is 0.103 e. The van der Waals surface area contributed by atoms with E-state index in [0.29, 0.717) is 6.42 Å². The van der Waals surface area contributed by atoms with Crippen molar-refractivity contribution in [3.8, 4) is 0 Å². The van der Waals surface area contributed by atoms with E-state index >= 15 is 0 Å². The lowest BCUT2D eigenvalue weighted by molar-refractivity contribution is -0.0115. The van der Waals surface area contributed by atoms with E-state index in [4.69, 9.17) is 0 Å². The van der Waals surface area contributed by atoms with Crippen LogP contribution in [0.5, 0.6) is 0 Å². The Kier molecular flexibility index (Phi) is 5.09. The van der Waals surface area contributed by atoms with E-state index in [9.17, 15) is 10.2 Å². The quantitative estimate of drug-likeness (QED) is 0.724. The first-order valence-electron chi connectivity index (χ1n) is 8.21. The Morgan fingerprint density at radius 3 is 1.75 bits per heavy atom. The summed E-state index contributed by atoms with van der Waals surface area (Å²) >= 11 is 0. The molecular formula is C22H22O2. The van der Waals surface area contributed by atoms with Gasteiger partial charge in [-0.1, -0.05) is 91.0 Å². The minimum atomic E-state index is -1.18. The third-order valence-corrected chi connectivity index (χ3v) is 4.55. The largest absolute Gasteiger partial charge is 0.396 e. The first kappa shape index (κ1) is 16.4. The molecule has 122 valence electrons. The Bertz CT molecular complexity index is 741. The van der Waals surface area contributed by atoms with E-state index < -0.39 is 11.5 Å². The number of aliphatic hydroxyl groups excluding tert-OH is 1. The minimum absolute atomic E-state index is 0.123. The number of rotatable bonds is 6. The summed E-state index contributed by atoms with van der Waals surface area (Å²) in [7, 11) is 0. The average molecular weight is 318 g/mol. The Morgan fingerprint density at radius 2 is 1.21 bits per heavy atom. The van der Waals surface area contributed by atoms with Gasteiger partial charge in [-0.15, -0.1) is 0 Å². The molecular weight excluding hydrogens is 296 g/mol. The molecule has 2 N–H and O–H groups in total. The topological polar surface area (TPSA) is 40.5 Å². The molecule has 0 unspecified atom stereocenters. The molecule has 0 fully saturated rings. The van der Waals surface area contributed by atoms with E-state index in [1.165, 1.54) is 0 Å². The summed E-state index contributed by atoms with van der Waals surface area (Å²) in [6, 6.07) is 29.3. The van der Waals surface area contributed by atoms with E-state index in [1.807, 2.05) is 91.0 Å². The van der Waals surface area contributed by atoms with Crippen molar-refractivity contribution in [3.05, 3.63) is 108 Å². The number of hydrogen-bond acceptors (Lipinski definition) is 2. The molecule has 0 radical (unpaired) electrons. The standard InChI is InChI=1S/C22H22O2/c23-17-21(19-12-6-2-7-13-19)22(24,20-14-8-3-9-15-20)16-18-10-4-1-5-11-18/h1-15,21,23-24H,16-17H2/t21-,22+/m0/s1. The van der Waals surface area contributed by atoms with Crippen molar-refractivity contribution in [2.75, 3.05) is 6.61 Å². The van der Waals surface area contributed by atoms with Gasteiger partial charge in [0.05, 0.1) is 6.61 Å². The molecule has 0 aliphatic carbocycles. The summed E-state index contributed by atoms with van der Waals surface area (Å²) < 4.78 is 0. The highest BCUT2D eigenvalue weighted by Gasteiger charge is 2.39. The highest BCUT2D eigenvalue weighted by atomic mass is 16.3. The van der Waals surface area contributed by atoms with Crippen LogP contribution in [0, 0.1) is 0 Å². The fourth-order valence-electron chi connectivity index (χ4n) is 3.28. The van der Waals surface area contributed by atoms with E-state index in [2.05, 4.69) is 0 Å². The van der Waals surface area contributed by atoms with Crippen molar-refractivity contribution >= 4 is 0 Å². The zero-order valence-corrected chi connectivity index (χ0v) is 13.5. The van der Waals surface area contributed by atoms with Crippen molar-refractivity contribution in [1.29, 1.82) is 0 Å². The molecule has 0 saturated heterocycles. The monoisotopic (exact) mass is 318 g/mol. The van der Waals surface area contributed by atoms with Crippen molar-refractivity contribution in [3.63, 3.8) is 0 Å². The summed E-state index contributed by atoms with van der Waals surface area (Å²) in [5.41, 5.74) is 1.61. The van der Waals surface area contributed by atoms with Crippen LogP contribution in [0.25, 0.3) is 0 Å². The predicted molar refractivity (Wildman–Crippen MR) is 96.8 cm³/mol. The summed E-state index contributed by atoms with van der Waals surface area (Å²) in [5, 5.41) is 21.8. The zero-order valence-electron chi connectivity index (χ0n) is 13.5. The van der Waals surface area contributed by atoms with E-state index in [1.54, 1.807) is 0 Å². The number of benzene rings is 3. The van der Waals surface area contributed by atoms with Gasteiger partial charge in [0.25, 0.3) is 0 Å².